The molecule has 0 saturated carbocycles. The van der Waals surface area contributed by atoms with Gasteiger partial charge in [0.25, 0.3) is 0 Å². The molecule has 0 rings (SSSR count). The highest BCUT2D eigenvalue weighted by Crippen LogP contribution is 2.30. The van der Waals surface area contributed by atoms with Crippen molar-refractivity contribution in [2.24, 2.45) is 0 Å². The average molecular weight is 195 g/mol. The van der Waals surface area contributed by atoms with E-state index in [1.54, 1.807) is 0 Å². The zero-order chi connectivity index (χ0) is 6.78. The molecule has 0 aromatic carbocycles. The van der Waals surface area contributed by atoms with Crippen LogP contribution in [0.15, 0.2) is 0 Å². The molecule has 1 N–H and O–H groups in total. The molecule has 0 spiro atoms. The van der Waals surface area contributed by atoms with Gasteiger partial charge in [0.1, 0.15) is 6.10 Å². The van der Waals surface area contributed by atoms with Crippen molar-refractivity contribution >= 4 is 47.4 Å². The molecule has 1 atom stereocenters. The van der Waals surface area contributed by atoms with Crippen molar-refractivity contribution in [2.75, 3.05) is 5.75 Å². The number of halogens is 3. The smallest absolute Gasteiger partial charge is 0.216 e. The fourth-order valence-corrected chi connectivity index (χ4v) is 0.932. The molecular weight excluding hydrogens is 190 g/mol. The molecular formula is C3H5Cl3OS. The molecule has 0 heterocycles. The van der Waals surface area contributed by atoms with Gasteiger partial charge in [-0.1, -0.05) is 34.8 Å². The topological polar surface area (TPSA) is 20.2 Å². The number of aliphatic hydroxyl groups excluding tert-OH is 1. The van der Waals surface area contributed by atoms with Crippen molar-refractivity contribution in [1.29, 1.82) is 0 Å². The van der Waals surface area contributed by atoms with Crippen LogP contribution in [0.1, 0.15) is 0 Å². The maximum absolute atomic E-state index is 8.72. The first-order chi connectivity index (χ1) is 3.48. The molecule has 8 heavy (non-hydrogen) atoms. The van der Waals surface area contributed by atoms with Crippen LogP contribution in [0.25, 0.3) is 0 Å². The van der Waals surface area contributed by atoms with Crippen LogP contribution in [0.5, 0.6) is 0 Å². The van der Waals surface area contributed by atoms with E-state index in [4.69, 9.17) is 39.9 Å². The summed E-state index contributed by atoms with van der Waals surface area (Å²) >= 11 is 19.4. The number of hydrogen-bond acceptors (Lipinski definition) is 2. The van der Waals surface area contributed by atoms with E-state index in [1.807, 2.05) is 0 Å². The maximum Gasteiger partial charge on any atom is 0.216 e. The minimum absolute atomic E-state index is 0.149. The van der Waals surface area contributed by atoms with Crippen molar-refractivity contribution < 1.29 is 5.11 Å². The van der Waals surface area contributed by atoms with Crippen molar-refractivity contribution in [1.82, 2.24) is 0 Å². The fraction of sp³-hybridized carbons (Fsp3) is 1.00. The SMILES string of the molecule is OC(CS)C(Cl)(Cl)Cl. The summed E-state index contributed by atoms with van der Waals surface area (Å²) in [5.74, 6) is 0.149. The van der Waals surface area contributed by atoms with Gasteiger partial charge < -0.3 is 5.11 Å². The Hall–Kier alpha value is 1.18. The molecule has 0 aromatic rings. The van der Waals surface area contributed by atoms with Gasteiger partial charge in [0.2, 0.25) is 3.79 Å². The van der Waals surface area contributed by atoms with E-state index in [9.17, 15) is 0 Å². The fourth-order valence-electron chi connectivity index (χ4n) is 0.104. The lowest BCUT2D eigenvalue weighted by Gasteiger charge is -2.15. The Balaban J connectivity index is 3.62. The first kappa shape index (κ1) is 9.18. The van der Waals surface area contributed by atoms with Crippen molar-refractivity contribution in [2.45, 2.75) is 9.90 Å². The zero-order valence-corrected chi connectivity index (χ0v) is 6.97. The third-order valence-corrected chi connectivity index (χ3v) is 1.65. The summed E-state index contributed by atoms with van der Waals surface area (Å²) in [5, 5.41) is 8.72. The standard InChI is InChI=1S/C3H5Cl3OS/c4-3(5,6)2(7)1-8/h2,7-8H,1H2. The van der Waals surface area contributed by atoms with E-state index in [0.717, 1.165) is 0 Å². The monoisotopic (exact) mass is 194 g/mol. The molecule has 0 aromatic heterocycles. The number of thiol groups is 1. The Morgan fingerprint density at radius 2 is 1.88 bits per heavy atom. The lowest BCUT2D eigenvalue weighted by atomic mass is 10.5. The van der Waals surface area contributed by atoms with E-state index in [0.29, 0.717) is 0 Å². The number of rotatable bonds is 1. The molecule has 0 saturated heterocycles. The van der Waals surface area contributed by atoms with Gasteiger partial charge in [0.15, 0.2) is 0 Å². The van der Waals surface area contributed by atoms with Gasteiger partial charge >= 0.3 is 0 Å². The maximum atomic E-state index is 8.72. The summed E-state index contributed by atoms with van der Waals surface area (Å²) in [7, 11) is 0. The van der Waals surface area contributed by atoms with Crippen LogP contribution < -0.4 is 0 Å². The molecule has 1 nitrogen and oxygen atoms in total. The predicted molar refractivity (Wildman–Crippen MR) is 40.1 cm³/mol. The molecule has 0 fully saturated rings. The summed E-state index contributed by atoms with van der Waals surface area (Å²) in [6, 6.07) is 0. The minimum atomic E-state index is -1.60. The third-order valence-electron chi connectivity index (χ3n) is 0.551. The Morgan fingerprint density at radius 3 is 1.88 bits per heavy atom. The van der Waals surface area contributed by atoms with Crippen LogP contribution in [0.4, 0.5) is 0 Å². The summed E-state index contributed by atoms with van der Waals surface area (Å²) in [4.78, 5) is 0. The third kappa shape index (κ3) is 3.25. The Bertz CT molecular complexity index is 71.4. The quantitative estimate of drug-likeness (QED) is 0.482. The van der Waals surface area contributed by atoms with Crippen LogP contribution in [-0.2, 0) is 0 Å². The predicted octanol–water partition coefficient (Wildman–Crippen LogP) is 1.65. The molecule has 0 aliphatic heterocycles. The van der Waals surface area contributed by atoms with Gasteiger partial charge in [0.05, 0.1) is 0 Å². The van der Waals surface area contributed by atoms with Gasteiger partial charge in [-0.15, -0.1) is 0 Å². The normalized spacial score (nSPS) is 16.1. The Morgan fingerprint density at radius 1 is 1.50 bits per heavy atom. The summed E-state index contributed by atoms with van der Waals surface area (Å²) in [6.07, 6.45) is -0.990. The van der Waals surface area contributed by atoms with E-state index in [1.165, 1.54) is 0 Å². The summed E-state index contributed by atoms with van der Waals surface area (Å²) in [5.41, 5.74) is 0. The zero-order valence-electron chi connectivity index (χ0n) is 3.81. The average Bonchev–Trinajstić information content (AvgIpc) is 1.62. The number of aliphatic hydroxyl groups is 1. The van der Waals surface area contributed by atoms with Crippen molar-refractivity contribution in [3.05, 3.63) is 0 Å². The van der Waals surface area contributed by atoms with Crippen LogP contribution in [0, 0.1) is 0 Å². The Kier molecular flexibility index (Phi) is 3.87. The molecule has 5 heteroatoms. The number of hydrogen-bond donors (Lipinski definition) is 2. The first-order valence-electron chi connectivity index (χ1n) is 1.84. The van der Waals surface area contributed by atoms with Gasteiger partial charge in [-0.25, -0.2) is 0 Å². The molecule has 0 bridgehead atoms. The van der Waals surface area contributed by atoms with Gasteiger partial charge in [0, 0.05) is 5.75 Å². The second-order valence-corrected chi connectivity index (χ2v) is 3.97. The van der Waals surface area contributed by atoms with Gasteiger partial charge in [-0.2, -0.15) is 12.6 Å². The lowest BCUT2D eigenvalue weighted by Crippen LogP contribution is -2.26. The summed E-state index contributed by atoms with van der Waals surface area (Å²) < 4.78 is -1.60. The highest BCUT2D eigenvalue weighted by atomic mass is 35.6. The highest BCUT2D eigenvalue weighted by molar-refractivity contribution is 7.80. The minimum Gasteiger partial charge on any atom is -0.388 e. The second-order valence-electron chi connectivity index (χ2n) is 1.24. The molecule has 1 unspecified atom stereocenters. The van der Waals surface area contributed by atoms with Crippen LogP contribution in [-0.4, -0.2) is 20.8 Å². The number of alkyl halides is 3. The van der Waals surface area contributed by atoms with Crippen LogP contribution in [0.3, 0.4) is 0 Å². The lowest BCUT2D eigenvalue weighted by molar-refractivity contribution is 0.204. The van der Waals surface area contributed by atoms with Gasteiger partial charge in [-0.05, 0) is 0 Å². The van der Waals surface area contributed by atoms with E-state index in [2.05, 4.69) is 12.6 Å². The highest BCUT2D eigenvalue weighted by Gasteiger charge is 2.28. The van der Waals surface area contributed by atoms with Crippen molar-refractivity contribution in [3.8, 4) is 0 Å². The van der Waals surface area contributed by atoms with Gasteiger partial charge in [-0.3, -0.25) is 0 Å². The summed E-state index contributed by atoms with van der Waals surface area (Å²) in [6.45, 7) is 0. The molecule has 0 aliphatic rings. The van der Waals surface area contributed by atoms with Crippen molar-refractivity contribution in [3.63, 3.8) is 0 Å². The molecule has 50 valence electrons. The molecule has 0 radical (unpaired) electrons. The molecule has 0 aliphatic carbocycles. The largest absolute Gasteiger partial charge is 0.388 e. The van der Waals surface area contributed by atoms with Crippen LogP contribution >= 0.6 is 47.4 Å². The van der Waals surface area contributed by atoms with E-state index in [-0.39, 0.29) is 5.75 Å². The molecule has 0 amide bonds. The van der Waals surface area contributed by atoms with E-state index >= 15 is 0 Å². The second kappa shape index (κ2) is 3.37. The van der Waals surface area contributed by atoms with Crippen LogP contribution in [0.2, 0.25) is 0 Å². The Labute approximate surface area is 68.3 Å². The van der Waals surface area contributed by atoms with E-state index < -0.39 is 9.90 Å². The first-order valence-corrected chi connectivity index (χ1v) is 3.60.